The van der Waals surface area contributed by atoms with Crippen LogP contribution >= 0.6 is 22.9 Å². The van der Waals surface area contributed by atoms with Crippen LogP contribution < -0.4 is 0 Å². The number of carbonyl (C=O) groups is 1. The molecule has 0 aromatic carbocycles. The minimum atomic E-state index is -0.895. The highest BCUT2D eigenvalue weighted by Gasteiger charge is 2.39. The van der Waals surface area contributed by atoms with Gasteiger partial charge in [0.05, 0.1) is 18.3 Å². The van der Waals surface area contributed by atoms with Crippen LogP contribution in [0, 0.1) is 11.8 Å². The van der Waals surface area contributed by atoms with Crippen LogP contribution in [0.2, 0.25) is 0 Å². The third kappa shape index (κ3) is 7.16. The number of carboxylic acid groups (broad SMARTS) is 1. The van der Waals surface area contributed by atoms with E-state index in [0.29, 0.717) is 24.1 Å². The zero-order chi connectivity index (χ0) is 20.7. The fraction of sp³-hybridized carbons (Fsp3) is 0.667. The van der Waals surface area contributed by atoms with E-state index in [-0.39, 0.29) is 23.3 Å². The molecule has 0 amide bonds. The zero-order valence-corrected chi connectivity index (χ0v) is 17.8. The summed E-state index contributed by atoms with van der Waals surface area (Å²) in [6.07, 6.45) is 7.26. The number of aromatic carboxylic acids is 1. The summed E-state index contributed by atoms with van der Waals surface area (Å²) >= 11 is 7.77. The number of alkyl halides is 1. The van der Waals surface area contributed by atoms with E-state index in [0.717, 1.165) is 30.6 Å². The summed E-state index contributed by atoms with van der Waals surface area (Å²) in [6.45, 7) is 1.74. The van der Waals surface area contributed by atoms with Crippen molar-refractivity contribution in [3.05, 3.63) is 34.0 Å². The summed E-state index contributed by atoms with van der Waals surface area (Å²) in [5.74, 6) is -0.837. The molecule has 1 aromatic rings. The molecule has 0 unspecified atom stereocenters. The van der Waals surface area contributed by atoms with Crippen LogP contribution in [0.15, 0.2) is 24.3 Å². The fourth-order valence-corrected chi connectivity index (χ4v) is 5.21. The van der Waals surface area contributed by atoms with Crippen LogP contribution in [0.3, 0.4) is 0 Å². The van der Waals surface area contributed by atoms with Crippen LogP contribution in [0.25, 0.3) is 0 Å². The van der Waals surface area contributed by atoms with Gasteiger partial charge in [0.15, 0.2) is 0 Å². The molecule has 0 aliphatic heterocycles. The summed E-state index contributed by atoms with van der Waals surface area (Å²) in [4.78, 5) is 12.4. The Kier molecular flexibility index (Phi) is 9.44. The van der Waals surface area contributed by atoms with Gasteiger partial charge in [-0.2, -0.15) is 0 Å². The van der Waals surface area contributed by atoms with Gasteiger partial charge in [-0.05, 0) is 69.9 Å². The Bertz CT molecular complexity index is 644. The molecule has 1 saturated carbocycles. The van der Waals surface area contributed by atoms with E-state index in [9.17, 15) is 20.1 Å². The van der Waals surface area contributed by atoms with Gasteiger partial charge in [0, 0.05) is 16.2 Å². The minimum absolute atomic E-state index is 0.0770. The average Bonchev–Trinajstić information content (AvgIpc) is 3.18. The summed E-state index contributed by atoms with van der Waals surface area (Å²) in [5.41, 5.74) is 0. The number of halogens is 1. The SMILES string of the molecule is C[C@@H](O)CCC[C@H](O)C=C[C@@H]1[C@@H](CCCc2ccc(C(=O)O)s2)[C@H](Cl)C[C@H]1O. The number of hydrogen-bond donors (Lipinski definition) is 4. The summed E-state index contributed by atoms with van der Waals surface area (Å²) in [6, 6.07) is 3.49. The van der Waals surface area contributed by atoms with E-state index < -0.39 is 18.2 Å². The van der Waals surface area contributed by atoms with Crippen molar-refractivity contribution in [2.45, 2.75) is 75.6 Å². The maximum Gasteiger partial charge on any atom is 0.345 e. The van der Waals surface area contributed by atoms with Crippen LogP contribution in [0.1, 0.15) is 60.0 Å². The lowest BCUT2D eigenvalue weighted by Gasteiger charge is -2.21. The molecule has 1 heterocycles. The van der Waals surface area contributed by atoms with E-state index in [2.05, 4.69) is 0 Å². The summed E-state index contributed by atoms with van der Waals surface area (Å²) in [7, 11) is 0. The lowest BCUT2D eigenvalue weighted by atomic mass is 9.89. The molecule has 0 spiro atoms. The van der Waals surface area contributed by atoms with Gasteiger partial charge in [0.1, 0.15) is 4.88 Å². The van der Waals surface area contributed by atoms with Crippen molar-refractivity contribution >= 4 is 28.9 Å². The predicted molar refractivity (Wildman–Crippen MR) is 112 cm³/mol. The van der Waals surface area contributed by atoms with Gasteiger partial charge in [0.2, 0.25) is 0 Å². The molecule has 28 heavy (non-hydrogen) atoms. The molecule has 6 atom stereocenters. The fourth-order valence-electron chi connectivity index (χ4n) is 3.85. The Morgan fingerprint density at radius 3 is 2.71 bits per heavy atom. The highest BCUT2D eigenvalue weighted by molar-refractivity contribution is 7.13. The molecule has 1 aliphatic carbocycles. The molecule has 4 N–H and O–H groups in total. The number of carboxylic acids is 1. The molecule has 0 saturated heterocycles. The smallest absolute Gasteiger partial charge is 0.345 e. The molecular formula is C21H31ClO5S. The van der Waals surface area contributed by atoms with Gasteiger partial charge in [-0.1, -0.05) is 12.2 Å². The first-order valence-corrected chi connectivity index (χ1v) is 11.2. The topological polar surface area (TPSA) is 98.0 Å². The van der Waals surface area contributed by atoms with E-state index in [4.69, 9.17) is 16.7 Å². The standard InChI is InChI=1S/C21H31ClO5S/c1-13(23)4-2-5-14(24)8-10-17-16(18(22)12-19(17)25)7-3-6-15-9-11-20(28-15)21(26)27/h8-11,13-14,16-19,23-25H,2-7,12H2,1H3,(H,26,27)/t13-,14+,16-,17-,18-,19-/m1/s1. The second-order valence-electron chi connectivity index (χ2n) is 7.76. The Morgan fingerprint density at radius 1 is 1.32 bits per heavy atom. The lowest BCUT2D eigenvalue weighted by molar-refractivity contribution is 0.0702. The maximum absolute atomic E-state index is 11.0. The van der Waals surface area contributed by atoms with Gasteiger partial charge < -0.3 is 20.4 Å². The Hall–Kier alpha value is -0.920. The number of aliphatic hydroxyl groups is 3. The van der Waals surface area contributed by atoms with E-state index in [1.165, 1.54) is 11.3 Å². The quantitative estimate of drug-likeness (QED) is 0.316. The predicted octanol–water partition coefficient (Wildman–Crippen LogP) is 3.84. The monoisotopic (exact) mass is 430 g/mol. The van der Waals surface area contributed by atoms with Crippen LogP contribution in [0.5, 0.6) is 0 Å². The maximum atomic E-state index is 11.0. The van der Waals surface area contributed by atoms with Crippen LogP contribution in [-0.2, 0) is 6.42 Å². The first-order chi connectivity index (χ1) is 13.3. The summed E-state index contributed by atoms with van der Waals surface area (Å²) in [5, 5.41) is 38.6. The van der Waals surface area contributed by atoms with Crippen molar-refractivity contribution < 1.29 is 25.2 Å². The minimum Gasteiger partial charge on any atom is -0.477 e. The van der Waals surface area contributed by atoms with Gasteiger partial charge in [0.25, 0.3) is 0 Å². The highest BCUT2D eigenvalue weighted by atomic mass is 35.5. The van der Waals surface area contributed by atoms with Gasteiger partial charge in [-0.25, -0.2) is 4.79 Å². The molecule has 5 nitrogen and oxygen atoms in total. The van der Waals surface area contributed by atoms with E-state index in [1.807, 2.05) is 12.1 Å². The van der Waals surface area contributed by atoms with Crippen molar-refractivity contribution in [2.75, 3.05) is 0 Å². The molecule has 0 radical (unpaired) electrons. The molecular weight excluding hydrogens is 400 g/mol. The second-order valence-corrected chi connectivity index (χ2v) is 9.48. The lowest BCUT2D eigenvalue weighted by Crippen LogP contribution is -2.19. The molecule has 158 valence electrons. The molecule has 1 aliphatic rings. The largest absolute Gasteiger partial charge is 0.477 e. The summed E-state index contributed by atoms with van der Waals surface area (Å²) < 4.78 is 0. The first-order valence-electron chi connectivity index (χ1n) is 9.96. The Morgan fingerprint density at radius 2 is 2.07 bits per heavy atom. The zero-order valence-electron chi connectivity index (χ0n) is 16.2. The number of thiophene rings is 1. The highest BCUT2D eigenvalue weighted by Crippen LogP contribution is 2.40. The molecule has 2 rings (SSSR count). The molecule has 7 heteroatoms. The average molecular weight is 431 g/mol. The second kappa shape index (κ2) is 11.3. The number of rotatable bonds is 11. The Labute approximate surface area is 175 Å². The number of aryl methyl sites for hydroxylation is 1. The first kappa shape index (κ1) is 23.4. The molecule has 0 bridgehead atoms. The van der Waals surface area contributed by atoms with Gasteiger partial charge in [-0.15, -0.1) is 22.9 Å². The Balaban J connectivity index is 1.84. The normalized spacial score (nSPS) is 27.3. The van der Waals surface area contributed by atoms with E-state index >= 15 is 0 Å². The third-order valence-corrected chi connectivity index (χ3v) is 7.02. The van der Waals surface area contributed by atoms with Crippen LogP contribution in [0.4, 0.5) is 0 Å². The van der Waals surface area contributed by atoms with Gasteiger partial charge in [-0.3, -0.25) is 0 Å². The van der Waals surface area contributed by atoms with Crippen LogP contribution in [-0.4, -0.2) is 50.1 Å². The van der Waals surface area contributed by atoms with Crippen molar-refractivity contribution in [1.82, 2.24) is 0 Å². The number of aliphatic hydroxyl groups excluding tert-OH is 3. The van der Waals surface area contributed by atoms with Crippen molar-refractivity contribution in [3.8, 4) is 0 Å². The third-order valence-electron chi connectivity index (χ3n) is 5.38. The van der Waals surface area contributed by atoms with Crippen molar-refractivity contribution in [1.29, 1.82) is 0 Å². The van der Waals surface area contributed by atoms with Crippen molar-refractivity contribution in [2.24, 2.45) is 11.8 Å². The van der Waals surface area contributed by atoms with Gasteiger partial charge >= 0.3 is 5.97 Å². The molecule has 1 aromatic heterocycles. The molecule has 1 fully saturated rings. The van der Waals surface area contributed by atoms with E-state index in [1.54, 1.807) is 19.1 Å². The number of hydrogen-bond acceptors (Lipinski definition) is 5. The van der Waals surface area contributed by atoms with Crippen molar-refractivity contribution in [3.63, 3.8) is 0 Å².